The lowest BCUT2D eigenvalue weighted by molar-refractivity contribution is -0.0584. The number of aliphatic hydroxyl groups excluding tert-OH is 1. The largest absolute Gasteiger partial charge is 0.444 e. The number of piperidine rings is 2. The quantitative estimate of drug-likeness (QED) is 0.686. The summed E-state index contributed by atoms with van der Waals surface area (Å²) in [5.41, 5.74) is -0.438. The van der Waals surface area contributed by atoms with Crippen molar-refractivity contribution in [3.8, 4) is 0 Å². The third-order valence-electron chi connectivity index (χ3n) is 3.43. The van der Waals surface area contributed by atoms with E-state index in [1.54, 1.807) is 4.90 Å². The zero-order valence-electron chi connectivity index (χ0n) is 10.3. The summed E-state index contributed by atoms with van der Waals surface area (Å²) in [6.07, 6.45) is 2.29. The van der Waals surface area contributed by atoms with Crippen molar-refractivity contribution in [2.24, 2.45) is 5.92 Å². The molecule has 3 fully saturated rings. The van der Waals surface area contributed by atoms with Crippen LogP contribution < -0.4 is 0 Å². The molecule has 1 N–H and O–H groups in total. The highest BCUT2D eigenvalue weighted by atomic mass is 16.6. The second kappa shape index (κ2) is 3.91. The van der Waals surface area contributed by atoms with Crippen molar-refractivity contribution in [3.63, 3.8) is 0 Å². The zero-order valence-corrected chi connectivity index (χ0v) is 10.3. The van der Waals surface area contributed by atoms with Gasteiger partial charge >= 0.3 is 6.09 Å². The summed E-state index contributed by atoms with van der Waals surface area (Å²) in [6.45, 7) is 6.28. The van der Waals surface area contributed by atoms with Gasteiger partial charge < -0.3 is 14.7 Å². The van der Waals surface area contributed by atoms with E-state index >= 15 is 0 Å². The Bertz CT molecular complexity index is 284. The van der Waals surface area contributed by atoms with Crippen molar-refractivity contribution in [2.75, 3.05) is 6.54 Å². The maximum Gasteiger partial charge on any atom is 0.410 e. The first-order valence-electron chi connectivity index (χ1n) is 6.04. The molecule has 2 bridgehead atoms. The van der Waals surface area contributed by atoms with Crippen molar-refractivity contribution in [3.05, 3.63) is 0 Å². The number of amides is 1. The maximum atomic E-state index is 11.9. The van der Waals surface area contributed by atoms with Crippen LogP contribution in [0.25, 0.3) is 0 Å². The van der Waals surface area contributed by atoms with Crippen molar-refractivity contribution >= 4 is 6.09 Å². The zero-order chi connectivity index (χ0) is 11.9. The van der Waals surface area contributed by atoms with Gasteiger partial charge in [-0.1, -0.05) is 0 Å². The van der Waals surface area contributed by atoms with Gasteiger partial charge in [0.15, 0.2) is 0 Å². The van der Waals surface area contributed by atoms with E-state index in [0.717, 1.165) is 12.8 Å². The van der Waals surface area contributed by atoms with Crippen LogP contribution in [-0.4, -0.2) is 40.4 Å². The molecule has 0 spiro atoms. The Hall–Kier alpha value is -0.770. The maximum absolute atomic E-state index is 11.9. The summed E-state index contributed by atoms with van der Waals surface area (Å²) in [6, 6.07) is 0.176. The summed E-state index contributed by atoms with van der Waals surface area (Å²) in [5, 5.41) is 9.75. The van der Waals surface area contributed by atoms with E-state index in [4.69, 9.17) is 4.74 Å². The molecule has 4 heteroatoms. The third-order valence-corrected chi connectivity index (χ3v) is 3.43. The molecule has 3 rings (SSSR count). The summed E-state index contributed by atoms with van der Waals surface area (Å²) in [4.78, 5) is 13.7. The molecule has 92 valence electrons. The Morgan fingerprint density at radius 2 is 2.06 bits per heavy atom. The first-order valence-corrected chi connectivity index (χ1v) is 6.04. The van der Waals surface area contributed by atoms with Gasteiger partial charge in [-0.25, -0.2) is 4.79 Å². The highest BCUT2D eigenvalue weighted by Gasteiger charge is 2.42. The molecular formula is C12H21NO3. The predicted molar refractivity (Wildman–Crippen MR) is 60.1 cm³/mol. The topological polar surface area (TPSA) is 49.8 Å². The molecule has 1 aliphatic carbocycles. The van der Waals surface area contributed by atoms with Gasteiger partial charge in [-0.05, 0) is 40.0 Å². The molecule has 1 saturated carbocycles. The molecule has 0 unspecified atom stereocenters. The third kappa shape index (κ3) is 2.32. The van der Waals surface area contributed by atoms with E-state index < -0.39 is 5.60 Å². The molecule has 3 aliphatic rings. The summed E-state index contributed by atoms with van der Waals surface area (Å²) < 4.78 is 5.37. The fourth-order valence-corrected chi connectivity index (χ4v) is 2.63. The second-order valence-corrected chi connectivity index (χ2v) is 5.93. The number of aliphatic hydroxyl groups is 1. The fraction of sp³-hybridized carbons (Fsp3) is 0.917. The van der Waals surface area contributed by atoms with Gasteiger partial charge in [0, 0.05) is 18.5 Å². The first kappa shape index (κ1) is 11.7. The van der Waals surface area contributed by atoms with Crippen LogP contribution in [0.3, 0.4) is 0 Å². The SMILES string of the molecule is CC(C)(C)OC(=O)N1C[C@H]2CC[C@@H]1C[C@@H]2O. The van der Waals surface area contributed by atoms with Gasteiger partial charge in [0.05, 0.1) is 6.10 Å². The lowest BCUT2D eigenvalue weighted by atomic mass is 9.78. The van der Waals surface area contributed by atoms with Crippen LogP contribution in [-0.2, 0) is 4.74 Å². The highest BCUT2D eigenvalue weighted by Crippen LogP contribution is 2.35. The Labute approximate surface area is 96.6 Å². The monoisotopic (exact) mass is 227 g/mol. The minimum atomic E-state index is -0.438. The molecule has 0 aromatic rings. The Morgan fingerprint density at radius 1 is 1.38 bits per heavy atom. The molecule has 3 atom stereocenters. The summed E-state index contributed by atoms with van der Waals surface area (Å²) >= 11 is 0. The Kier molecular flexibility index (Phi) is 2.86. The molecule has 2 heterocycles. The standard InChI is InChI=1S/C12H21NO3/c1-12(2,3)16-11(15)13-7-8-4-5-9(13)6-10(8)14/h8-10,14H,4-7H2,1-3H3/t8-,9-,10+/m1/s1. The van der Waals surface area contributed by atoms with E-state index in [0.29, 0.717) is 13.0 Å². The molecule has 0 aromatic carbocycles. The number of carbonyl (C=O) groups excluding carboxylic acids is 1. The molecule has 2 aliphatic heterocycles. The van der Waals surface area contributed by atoms with E-state index in [9.17, 15) is 9.90 Å². The Balaban J connectivity index is 1.99. The summed E-state index contributed by atoms with van der Waals surface area (Å²) in [5.74, 6) is 0.248. The van der Waals surface area contributed by atoms with Gasteiger partial charge in [0.25, 0.3) is 0 Å². The number of carbonyl (C=O) groups is 1. The number of hydrogen-bond acceptors (Lipinski definition) is 3. The molecule has 0 aromatic heterocycles. The average Bonchev–Trinajstić information content (AvgIpc) is 2.15. The molecule has 2 saturated heterocycles. The Morgan fingerprint density at radius 3 is 2.50 bits per heavy atom. The predicted octanol–water partition coefficient (Wildman–Crippen LogP) is 1.77. The molecular weight excluding hydrogens is 206 g/mol. The van der Waals surface area contributed by atoms with E-state index in [1.165, 1.54) is 0 Å². The minimum Gasteiger partial charge on any atom is -0.444 e. The number of nitrogens with zero attached hydrogens (tertiary/aromatic N) is 1. The van der Waals surface area contributed by atoms with E-state index in [1.807, 2.05) is 20.8 Å². The van der Waals surface area contributed by atoms with Crippen LogP contribution in [0.1, 0.15) is 40.0 Å². The first-order chi connectivity index (χ1) is 7.37. The van der Waals surface area contributed by atoms with Gasteiger partial charge in [-0.15, -0.1) is 0 Å². The molecule has 4 nitrogen and oxygen atoms in total. The number of ether oxygens (including phenoxy) is 1. The minimum absolute atomic E-state index is 0.176. The van der Waals surface area contributed by atoms with Crippen LogP contribution in [0.15, 0.2) is 0 Å². The smallest absolute Gasteiger partial charge is 0.410 e. The van der Waals surface area contributed by atoms with Gasteiger partial charge in [-0.2, -0.15) is 0 Å². The second-order valence-electron chi connectivity index (χ2n) is 5.93. The van der Waals surface area contributed by atoms with Crippen molar-refractivity contribution in [1.82, 2.24) is 4.90 Å². The van der Waals surface area contributed by atoms with Crippen LogP contribution in [0.5, 0.6) is 0 Å². The van der Waals surface area contributed by atoms with E-state index in [-0.39, 0.29) is 24.2 Å². The summed E-state index contributed by atoms with van der Waals surface area (Å²) in [7, 11) is 0. The van der Waals surface area contributed by atoms with Crippen LogP contribution in [0.4, 0.5) is 4.79 Å². The van der Waals surface area contributed by atoms with Crippen molar-refractivity contribution in [1.29, 1.82) is 0 Å². The average molecular weight is 227 g/mol. The lowest BCUT2D eigenvalue weighted by Gasteiger charge is -2.47. The lowest BCUT2D eigenvalue weighted by Crippen LogP contribution is -2.56. The van der Waals surface area contributed by atoms with Crippen molar-refractivity contribution in [2.45, 2.75) is 57.8 Å². The normalized spacial score (nSPS) is 34.0. The van der Waals surface area contributed by atoms with Gasteiger partial charge in [0.2, 0.25) is 0 Å². The van der Waals surface area contributed by atoms with Gasteiger partial charge in [0.1, 0.15) is 5.60 Å². The van der Waals surface area contributed by atoms with Crippen molar-refractivity contribution < 1.29 is 14.6 Å². The highest BCUT2D eigenvalue weighted by molar-refractivity contribution is 5.69. The van der Waals surface area contributed by atoms with Crippen LogP contribution in [0, 0.1) is 5.92 Å². The van der Waals surface area contributed by atoms with Gasteiger partial charge in [-0.3, -0.25) is 0 Å². The molecule has 1 amide bonds. The fourth-order valence-electron chi connectivity index (χ4n) is 2.63. The van der Waals surface area contributed by atoms with E-state index in [2.05, 4.69) is 0 Å². The number of hydrogen-bond donors (Lipinski definition) is 1. The number of rotatable bonds is 0. The van der Waals surface area contributed by atoms with Crippen LogP contribution >= 0.6 is 0 Å². The van der Waals surface area contributed by atoms with Crippen LogP contribution in [0.2, 0.25) is 0 Å². The molecule has 16 heavy (non-hydrogen) atoms. The number of fused-ring (bicyclic) bond motifs is 3. The molecule has 0 radical (unpaired) electrons.